The highest BCUT2D eigenvalue weighted by molar-refractivity contribution is 6.00. The number of amides is 1. The molecule has 2 saturated carbocycles. The van der Waals surface area contributed by atoms with Crippen LogP contribution in [0.3, 0.4) is 0 Å². The Morgan fingerprint density at radius 1 is 1.36 bits per heavy atom. The van der Waals surface area contributed by atoms with Gasteiger partial charge in [-0.1, -0.05) is 0 Å². The summed E-state index contributed by atoms with van der Waals surface area (Å²) in [6.45, 7) is 1.70. The summed E-state index contributed by atoms with van der Waals surface area (Å²) in [6.07, 6.45) is 4.22. The third-order valence-electron chi connectivity index (χ3n) is 6.65. The largest absolute Gasteiger partial charge is 0.388 e. The number of carbonyl (C=O) groups excluding carboxylic acids is 1. The summed E-state index contributed by atoms with van der Waals surface area (Å²) in [5.41, 5.74) is -0.330. The minimum Gasteiger partial charge on any atom is -0.388 e. The Morgan fingerprint density at radius 2 is 2.15 bits per heavy atom. The lowest BCUT2D eigenvalue weighted by Crippen LogP contribution is -2.58. The molecule has 11 heteroatoms. The Balaban J connectivity index is 1.46. The first-order valence-corrected chi connectivity index (χ1v) is 11.0. The number of fused-ring (bicyclic) bond motifs is 1. The Labute approximate surface area is 188 Å². The van der Waals surface area contributed by atoms with Crippen molar-refractivity contribution in [3.63, 3.8) is 0 Å². The van der Waals surface area contributed by atoms with E-state index in [9.17, 15) is 19.1 Å². The van der Waals surface area contributed by atoms with E-state index >= 15 is 0 Å². The summed E-state index contributed by atoms with van der Waals surface area (Å²) in [7, 11) is 1.71. The molecule has 0 saturated heterocycles. The molecule has 1 unspecified atom stereocenters. The number of halogens is 1. The average molecular weight is 455 g/mol. The molecular weight excluding hydrogens is 429 g/mol. The molecule has 2 fully saturated rings. The molecule has 4 N–H and O–H groups in total. The zero-order valence-corrected chi connectivity index (χ0v) is 18.4. The standard InChI is InChI=1S/C22H26FN7O3/c1-22(33)6-5-16(22)27-20(31)14-11-25-30-18(24-2)10-17(28-19(14)30)26-15-4-3-7-29(21(15)32)13-8-12(23)9-13/h3-4,7,10-13,16,24,33H,5-6,8-9H2,1-2H3,(H,26,28)(H,27,31)/t12-,13-,16?,22-/m0/s1. The summed E-state index contributed by atoms with van der Waals surface area (Å²) in [4.78, 5) is 30.3. The van der Waals surface area contributed by atoms with Crippen molar-refractivity contribution in [2.75, 3.05) is 17.7 Å². The zero-order valence-electron chi connectivity index (χ0n) is 18.4. The van der Waals surface area contributed by atoms with E-state index in [0.29, 0.717) is 48.7 Å². The molecule has 2 aliphatic carbocycles. The second-order valence-corrected chi connectivity index (χ2v) is 8.97. The highest BCUT2D eigenvalue weighted by Crippen LogP contribution is 2.34. The predicted octanol–water partition coefficient (Wildman–Crippen LogP) is 1.99. The zero-order chi connectivity index (χ0) is 23.3. The Kier molecular flexibility index (Phi) is 5.08. The molecule has 174 valence electrons. The van der Waals surface area contributed by atoms with Gasteiger partial charge in [-0.25, -0.2) is 9.37 Å². The Hall–Kier alpha value is -3.47. The van der Waals surface area contributed by atoms with E-state index in [1.54, 1.807) is 38.4 Å². The second-order valence-electron chi connectivity index (χ2n) is 8.97. The molecule has 0 bridgehead atoms. The van der Waals surface area contributed by atoms with Gasteiger partial charge in [0.05, 0.1) is 17.8 Å². The third kappa shape index (κ3) is 3.71. The second kappa shape index (κ2) is 7.84. The van der Waals surface area contributed by atoms with Gasteiger partial charge in [0, 0.05) is 25.4 Å². The van der Waals surface area contributed by atoms with E-state index in [4.69, 9.17) is 0 Å². The lowest BCUT2D eigenvalue weighted by Gasteiger charge is -2.42. The number of aromatic nitrogens is 4. The SMILES string of the molecule is CNc1cc(Nc2cccn([C@H]3C[C@H](F)C3)c2=O)nc2c(C(=O)NC3CC[C@]3(C)O)cnn12. The molecule has 3 heterocycles. The van der Waals surface area contributed by atoms with Crippen LogP contribution in [0.4, 0.5) is 21.7 Å². The molecule has 10 nitrogen and oxygen atoms in total. The van der Waals surface area contributed by atoms with Gasteiger partial charge in [-0.05, 0) is 44.7 Å². The number of pyridine rings is 1. The molecule has 3 aromatic rings. The summed E-state index contributed by atoms with van der Waals surface area (Å²) < 4.78 is 16.3. The number of alkyl halides is 1. The van der Waals surface area contributed by atoms with Gasteiger partial charge < -0.3 is 25.6 Å². The van der Waals surface area contributed by atoms with E-state index in [1.807, 2.05) is 0 Å². The Morgan fingerprint density at radius 3 is 2.79 bits per heavy atom. The van der Waals surface area contributed by atoms with E-state index < -0.39 is 11.8 Å². The van der Waals surface area contributed by atoms with Gasteiger partial charge in [-0.15, -0.1) is 0 Å². The van der Waals surface area contributed by atoms with Crippen molar-refractivity contribution in [1.82, 2.24) is 24.5 Å². The molecule has 1 amide bonds. The number of anilines is 3. The molecule has 0 spiro atoms. The predicted molar refractivity (Wildman–Crippen MR) is 121 cm³/mol. The van der Waals surface area contributed by atoms with Crippen LogP contribution in [0, 0.1) is 0 Å². The van der Waals surface area contributed by atoms with Crippen LogP contribution in [-0.4, -0.2) is 55.0 Å². The van der Waals surface area contributed by atoms with Crippen LogP contribution in [0.15, 0.2) is 35.4 Å². The highest BCUT2D eigenvalue weighted by Gasteiger charge is 2.42. The van der Waals surface area contributed by atoms with E-state index in [2.05, 4.69) is 26.0 Å². The maximum atomic E-state index is 13.3. The van der Waals surface area contributed by atoms with E-state index in [-0.39, 0.29) is 29.1 Å². The lowest BCUT2D eigenvalue weighted by atomic mass is 9.76. The summed E-state index contributed by atoms with van der Waals surface area (Å²) in [6, 6.07) is 4.57. The van der Waals surface area contributed by atoms with Crippen LogP contribution in [-0.2, 0) is 0 Å². The van der Waals surface area contributed by atoms with Crippen LogP contribution >= 0.6 is 0 Å². The van der Waals surface area contributed by atoms with Crippen molar-refractivity contribution in [1.29, 1.82) is 0 Å². The summed E-state index contributed by atoms with van der Waals surface area (Å²) in [5.74, 6) is 0.533. The number of aliphatic hydroxyl groups is 1. The first kappa shape index (κ1) is 21.4. The fourth-order valence-corrected chi connectivity index (χ4v) is 4.31. The van der Waals surface area contributed by atoms with Crippen molar-refractivity contribution < 1.29 is 14.3 Å². The van der Waals surface area contributed by atoms with Crippen LogP contribution in [0.2, 0.25) is 0 Å². The molecule has 3 aromatic heterocycles. The topological polar surface area (TPSA) is 126 Å². The molecule has 2 aliphatic rings. The molecular formula is C22H26FN7O3. The number of nitrogens with zero attached hydrogens (tertiary/aromatic N) is 4. The lowest BCUT2D eigenvalue weighted by molar-refractivity contribution is -0.0486. The minimum absolute atomic E-state index is 0.147. The molecule has 0 radical (unpaired) electrons. The van der Waals surface area contributed by atoms with E-state index in [1.165, 1.54) is 15.3 Å². The number of hydrogen-bond acceptors (Lipinski definition) is 7. The average Bonchev–Trinajstić information content (AvgIpc) is 3.19. The number of hydrogen-bond donors (Lipinski definition) is 4. The first-order chi connectivity index (χ1) is 15.8. The van der Waals surface area contributed by atoms with E-state index in [0.717, 1.165) is 0 Å². The fraction of sp³-hybridized carbons (Fsp3) is 0.455. The first-order valence-electron chi connectivity index (χ1n) is 11.0. The number of rotatable bonds is 6. The Bertz CT molecular complexity index is 1280. The van der Waals surface area contributed by atoms with Crippen molar-refractivity contribution in [2.45, 2.75) is 56.5 Å². The van der Waals surface area contributed by atoms with Gasteiger partial charge in [-0.2, -0.15) is 9.61 Å². The van der Waals surface area contributed by atoms with Crippen molar-refractivity contribution >= 4 is 28.9 Å². The number of nitrogens with one attached hydrogen (secondary N) is 3. The van der Waals surface area contributed by atoms with Gasteiger partial charge in [0.1, 0.15) is 29.1 Å². The van der Waals surface area contributed by atoms with Crippen LogP contribution in [0.25, 0.3) is 5.65 Å². The quantitative estimate of drug-likeness (QED) is 0.448. The minimum atomic E-state index is -0.926. The summed E-state index contributed by atoms with van der Waals surface area (Å²) >= 11 is 0. The van der Waals surface area contributed by atoms with Crippen molar-refractivity contribution in [3.8, 4) is 0 Å². The van der Waals surface area contributed by atoms with Gasteiger partial charge in [0.2, 0.25) is 0 Å². The van der Waals surface area contributed by atoms with Crippen molar-refractivity contribution in [3.05, 3.63) is 46.5 Å². The molecule has 0 aliphatic heterocycles. The third-order valence-corrected chi connectivity index (χ3v) is 6.65. The molecule has 0 aromatic carbocycles. The maximum Gasteiger partial charge on any atom is 0.274 e. The van der Waals surface area contributed by atoms with Crippen molar-refractivity contribution in [2.24, 2.45) is 0 Å². The molecule has 33 heavy (non-hydrogen) atoms. The number of carbonyl (C=O) groups is 1. The fourth-order valence-electron chi connectivity index (χ4n) is 4.31. The van der Waals surface area contributed by atoms with Gasteiger partial charge in [0.15, 0.2) is 5.65 Å². The normalized spacial score (nSPS) is 26.4. The smallest absolute Gasteiger partial charge is 0.274 e. The van der Waals surface area contributed by atoms with Crippen LogP contribution < -0.4 is 21.5 Å². The molecule has 2 atom stereocenters. The van der Waals surface area contributed by atoms with Crippen LogP contribution in [0.5, 0.6) is 0 Å². The maximum absolute atomic E-state index is 13.3. The molecule has 5 rings (SSSR count). The van der Waals surface area contributed by atoms with Gasteiger partial charge in [-0.3, -0.25) is 9.59 Å². The van der Waals surface area contributed by atoms with Crippen LogP contribution in [0.1, 0.15) is 49.0 Å². The monoisotopic (exact) mass is 455 g/mol. The highest BCUT2D eigenvalue weighted by atomic mass is 19.1. The summed E-state index contributed by atoms with van der Waals surface area (Å²) in [5, 5.41) is 23.4. The van der Waals surface area contributed by atoms with Gasteiger partial charge in [0.25, 0.3) is 11.5 Å². The van der Waals surface area contributed by atoms with Gasteiger partial charge >= 0.3 is 0 Å².